The second-order valence-corrected chi connectivity index (χ2v) is 8.74. The molecule has 1 fully saturated rings. The number of hydrogen-bond donors (Lipinski definition) is 3. The number of benzene rings is 2. The Morgan fingerprint density at radius 1 is 1.00 bits per heavy atom. The average Bonchev–Trinajstić information content (AvgIpc) is 2.87. The van der Waals surface area contributed by atoms with Gasteiger partial charge in [0, 0.05) is 30.9 Å². The van der Waals surface area contributed by atoms with Crippen molar-refractivity contribution in [1.82, 2.24) is 10.6 Å². The topological polar surface area (TPSA) is 79.5 Å². The summed E-state index contributed by atoms with van der Waals surface area (Å²) in [4.78, 5) is 25.6. The van der Waals surface area contributed by atoms with Gasteiger partial charge in [0.2, 0.25) is 5.91 Å². The monoisotopic (exact) mass is 491 g/mol. The lowest BCUT2D eigenvalue weighted by atomic mass is 9.79. The van der Waals surface area contributed by atoms with Gasteiger partial charge in [0.15, 0.2) is 0 Å². The summed E-state index contributed by atoms with van der Waals surface area (Å²) < 4.78 is 44.1. The van der Waals surface area contributed by atoms with Crippen LogP contribution in [0, 0.1) is 11.8 Å². The SMILES string of the molecule is COc1ccc(NCCNC(=O)C(CNC(=O)c2cccc(C(F)(F)F)c2)C2CCCCC2)cc1. The van der Waals surface area contributed by atoms with E-state index in [2.05, 4.69) is 16.0 Å². The summed E-state index contributed by atoms with van der Waals surface area (Å²) >= 11 is 0. The minimum atomic E-state index is -4.53. The Morgan fingerprint density at radius 2 is 1.71 bits per heavy atom. The van der Waals surface area contributed by atoms with Gasteiger partial charge in [-0.1, -0.05) is 25.3 Å². The van der Waals surface area contributed by atoms with E-state index >= 15 is 0 Å². The van der Waals surface area contributed by atoms with Gasteiger partial charge in [0.25, 0.3) is 5.91 Å². The number of hydrogen-bond acceptors (Lipinski definition) is 4. The second-order valence-electron chi connectivity index (χ2n) is 8.74. The molecule has 6 nitrogen and oxygen atoms in total. The molecule has 9 heteroatoms. The van der Waals surface area contributed by atoms with E-state index in [1.807, 2.05) is 24.3 Å². The van der Waals surface area contributed by atoms with Crippen molar-refractivity contribution in [3.8, 4) is 5.75 Å². The van der Waals surface area contributed by atoms with Crippen LogP contribution in [0.5, 0.6) is 5.75 Å². The van der Waals surface area contributed by atoms with Gasteiger partial charge < -0.3 is 20.7 Å². The maximum atomic E-state index is 13.0. The molecule has 1 saturated carbocycles. The number of nitrogens with one attached hydrogen (secondary N) is 3. The quantitative estimate of drug-likeness (QED) is 0.415. The molecule has 1 atom stereocenters. The van der Waals surface area contributed by atoms with Crippen molar-refractivity contribution >= 4 is 17.5 Å². The standard InChI is InChI=1S/C26H32F3N3O3/c1-35-22-12-10-21(11-13-22)30-14-15-31-25(34)23(18-6-3-2-4-7-18)17-32-24(33)19-8-5-9-20(16-19)26(27,28)29/h5,8-13,16,18,23,30H,2-4,6-7,14-15,17H2,1H3,(H,31,34)(H,32,33). The Labute approximate surface area is 203 Å². The predicted octanol–water partition coefficient (Wildman–Crippen LogP) is 4.87. The van der Waals surface area contributed by atoms with Crippen LogP contribution in [0.3, 0.4) is 0 Å². The molecule has 0 spiro atoms. The molecule has 0 aromatic heterocycles. The van der Waals surface area contributed by atoms with Crippen molar-refractivity contribution in [3.05, 3.63) is 59.7 Å². The van der Waals surface area contributed by atoms with Crippen molar-refractivity contribution in [2.75, 3.05) is 32.1 Å². The maximum absolute atomic E-state index is 13.0. The number of rotatable bonds is 10. The fourth-order valence-electron chi connectivity index (χ4n) is 4.38. The number of carbonyl (C=O) groups excluding carboxylic acids is 2. The number of alkyl halides is 3. The van der Waals surface area contributed by atoms with Crippen LogP contribution in [-0.2, 0) is 11.0 Å². The van der Waals surface area contributed by atoms with Crippen LogP contribution < -0.4 is 20.7 Å². The normalized spacial score (nSPS) is 15.2. The molecule has 190 valence electrons. The Kier molecular flexibility index (Phi) is 9.39. The van der Waals surface area contributed by atoms with Gasteiger partial charge >= 0.3 is 6.18 Å². The van der Waals surface area contributed by atoms with Crippen LogP contribution >= 0.6 is 0 Å². The van der Waals surface area contributed by atoms with Crippen molar-refractivity contribution in [1.29, 1.82) is 0 Å². The lowest BCUT2D eigenvalue weighted by molar-refractivity contribution is -0.137. The first kappa shape index (κ1) is 26.4. The van der Waals surface area contributed by atoms with Crippen molar-refractivity contribution in [2.24, 2.45) is 11.8 Å². The van der Waals surface area contributed by atoms with Crippen LogP contribution in [0.25, 0.3) is 0 Å². The summed E-state index contributed by atoms with van der Waals surface area (Å²) in [6, 6.07) is 11.7. The van der Waals surface area contributed by atoms with E-state index in [1.54, 1.807) is 7.11 Å². The molecule has 1 unspecified atom stereocenters. The van der Waals surface area contributed by atoms with Gasteiger partial charge in [0.1, 0.15) is 5.75 Å². The third kappa shape index (κ3) is 7.90. The molecule has 0 aliphatic heterocycles. The molecule has 2 aromatic carbocycles. The van der Waals surface area contributed by atoms with Crippen molar-refractivity contribution in [3.63, 3.8) is 0 Å². The molecular formula is C26H32F3N3O3. The lowest BCUT2D eigenvalue weighted by Crippen LogP contribution is -2.44. The zero-order valence-corrected chi connectivity index (χ0v) is 19.8. The molecule has 3 rings (SSSR count). The first-order valence-corrected chi connectivity index (χ1v) is 11.9. The van der Waals surface area contributed by atoms with E-state index in [1.165, 1.54) is 12.1 Å². The minimum Gasteiger partial charge on any atom is -0.497 e. The van der Waals surface area contributed by atoms with Crippen LogP contribution in [0.4, 0.5) is 18.9 Å². The van der Waals surface area contributed by atoms with Crippen LogP contribution in [0.2, 0.25) is 0 Å². The summed E-state index contributed by atoms with van der Waals surface area (Å²) in [5.74, 6) is -0.332. The summed E-state index contributed by atoms with van der Waals surface area (Å²) in [7, 11) is 1.60. The predicted molar refractivity (Wildman–Crippen MR) is 128 cm³/mol. The highest BCUT2D eigenvalue weighted by Gasteiger charge is 2.32. The third-order valence-corrected chi connectivity index (χ3v) is 6.33. The molecule has 2 aromatic rings. The Hall–Kier alpha value is -3.23. The van der Waals surface area contributed by atoms with E-state index in [9.17, 15) is 22.8 Å². The number of halogens is 3. The summed E-state index contributed by atoms with van der Waals surface area (Å²) in [6.07, 6.45) is 0.418. The first-order chi connectivity index (χ1) is 16.8. The average molecular weight is 492 g/mol. The molecular weight excluding hydrogens is 459 g/mol. The smallest absolute Gasteiger partial charge is 0.416 e. The van der Waals surface area contributed by atoms with E-state index in [0.29, 0.717) is 13.1 Å². The zero-order valence-electron chi connectivity index (χ0n) is 19.8. The van der Waals surface area contributed by atoms with Crippen LogP contribution in [-0.4, -0.2) is 38.6 Å². The molecule has 0 saturated heterocycles. The number of amides is 2. The maximum Gasteiger partial charge on any atom is 0.416 e. The Balaban J connectivity index is 1.55. The minimum absolute atomic E-state index is 0.0775. The van der Waals surface area contributed by atoms with Gasteiger partial charge in [-0.05, 0) is 61.2 Å². The highest BCUT2D eigenvalue weighted by atomic mass is 19.4. The zero-order chi connectivity index (χ0) is 25.3. The molecule has 3 N–H and O–H groups in total. The second kappa shape index (κ2) is 12.5. The van der Waals surface area contributed by atoms with Crippen LogP contribution in [0.1, 0.15) is 48.0 Å². The van der Waals surface area contributed by atoms with Gasteiger partial charge in [-0.15, -0.1) is 0 Å². The number of anilines is 1. The summed E-state index contributed by atoms with van der Waals surface area (Å²) in [5, 5.41) is 8.85. The molecule has 2 amide bonds. The van der Waals surface area contributed by atoms with E-state index in [0.717, 1.165) is 55.7 Å². The molecule has 35 heavy (non-hydrogen) atoms. The van der Waals surface area contributed by atoms with Crippen LogP contribution in [0.15, 0.2) is 48.5 Å². The number of carbonyl (C=O) groups is 2. The molecule has 0 radical (unpaired) electrons. The number of ether oxygens (including phenoxy) is 1. The van der Waals surface area contributed by atoms with Gasteiger partial charge in [-0.2, -0.15) is 13.2 Å². The number of methoxy groups -OCH3 is 1. The van der Waals surface area contributed by atoms with Gasteiger partial charge in [-0.3, -0.25) is 9.59 Å². The molecule has 1 aliphatic rings. The third-order valence-electron chi connectivity index (χ3n) is 6.33. The highest BCUT2D eigenvalue weighted by Crippen LogP contribution is 2.31. The lowest BCUT2D eigenvalue weighted by Gasteiger charge is -2.29. The highest BCUT2D eigenvalue weighted by molar-refractivity contribution is 5.94. The first-order valence-electron chi connectivity index (χ1n) is 11.9. The summed E-state index contributed by atoms with van der Waals surface area (Å²) in [6.45, 7) is 0.999. The Bertz CT molecular complexity index is 974. The van der Waals surface area contributed by atoms with Gasteiger partial charge in [-0.25, -0.2) is 0 Å². The Morgan fingerprint density at radius 3 is 2.37 bits per heavy atom. The largest absolute Gasteiger partial charge is 0.497 e. The molecule has 0 heterocycles. The molecule has 0 bridgehead atoms. The van der Waals surface area contributed by atoms with Gasteiger partial charge in [0.05, 0.1) is 18.6 Å². The molecule has 1 aliphatic carbocycles. The van der Waals surface area contributed by atoms with Crippen molar-refractivity contribution in [2.45, 2.75) is 38.3 Å². The van der Waals surface area contributed by atoms with E-state index in [-0.39, 0.29) is 23.9 Å². The van der Waals surface area contributed by atoms with E-state index in [4.69, 9.17) is 4.74 Å². The van der Waals surface area contributed by atoms with Crippen molar-refractivity contribution < 1.29 is 27.5 Å². The fraction of sp³-hybridized carbons (Fsp3) is 0.462. The summed E-state index contributed by atoms with van der Waals surface area (Å²) in [5.41, 5.74) is -0.0559. The van der Waals surface area contributed by atoms with E-state index < -0.39 is 23.6 Å². The fourth-order valence-corrected chi connectivity index (χ4v) is 4.38.